The fourth-order valence-electron chi connectivity index (χ4n) is 2.37. The second-order valence-electron chi connectivity index (χ2n) is 4.88. The van der Waals surface area contributed by atoms with Gasteiger partial charge in [0.05, 0.1) is 0 Å². The standard InChI is InChI=1S/C17H16FNS/c1-12(14-6-2-4-8-16(14)18)19-10-13-11-20-17-9-5-3-7-15(13)17/h2-9,11-12,19H,10H2,1H3/t12-/m1/s1. The Morgan fingerprint density at radius 1 is 1.10 bits per heavy atom. The lowest BCUT2D eigenvalue weighted by atomic mass is 10.1. The van der Waals surface area contributed by atoms with Crippen molar-refractivity contribution in [2.45, 2.75) is 19.5 Å². The van der Waals surface area contributed by atoms with Gasteiger partial charge < -0.3 is 5.32 Å². The predicted molar refractivity (Wildman–Crippen MR) is 83.5 cm³/mol. The van der Waals surface area contributed by atoms with Crippen LogP contribution in [-0.2, 0) is 6.54 Å². The summed E-state index contributed by atoms with van der Waals surface area (Å²) in [4.78, 5) is 0. The summed E-state index contributed by atoms with van der Waals surface area (Å²) in [6.07, 6.45) is 0. The van der Waals surface area contributed by atoms with E-state index in [1.807, 2.05) is 19.1 Å². The highest BCUT2D eigenvalue weighted by Crippen LogP contribution is 2.26. The minimum atomic E-state index is -0.150. The first kappa shape index (κ1) is 13.3. The number of rotatable bonds is 4. The van der Waals surface area contributed by atoms with Crippen LogP contribution in [0.5, 0.6) is 0 Å². The lowest BCUT2D eigenvalue weighted by Crippen LogP contribution is -2.18. The second kappa shape index (κ2) is 5.73. The van der Waals surface area contributed by atoms with Gasteiger partial charge in [0, 0.05) is 22.8 Å². The molecule has 1 aromatic heterocycles. The Morgan fingerprint density at radius 3 is 2.70 bits per heavy atom. The molecule has 3 rings (SSSR count). The molecule has 1 N–H and O–H groups in total. The molecule has 0 amide bonds. The number of hydrogen-bond acceptors (Lipinski definition) is 2. The zero-order valence-electron chi connectivity index (χ0n) is 11.3. The van der Waals surface area contributed by atoms with Crippen molar-refractivity contribution in [3.05, 3.63) is 70.9 Å². The van der Waals surface area contributed by atoms with Crippen LogP contribution in [-0.4, -0.2) is 0 Å². The highest BCUT2D eigenvalue weighted by atomic mass is 32.1. The molecular weight excluding hydrogens is 269 g/mol. The third kappa shape index (κ3) is 2.60. The van der Waals surface area contributed by atoms with E-state index in [0.717, 1.165) is 6.54 Å². The molecule has 2 aromatic carbocycles. The predicted octanol–water partition coefficient (Wildman–Crippen LogP) is 4.89. The Balaban J connectivity index is 1.75. The van der Waals surface area contributed by atoms with Crippen LogP contribution in [0.4, 0.5) is 4.39 Å². The summed E-state index contributed by atoms with van der Waals surface area (Å²) in [5, 5.41) is 6.86. The first-order valence-electron chi connectivity index (χ1n) is 6.68. The zero-order chi connectivity index (χ0) is 13.9. The van der Waals surface area contributed by atoms with E-state index in [1.54, 1.807) is 17.4 Å². The van der Waals surface area contributed by atoms with Gasteiger partial charge in [0.1, 0.15) is 5.82 Å². The van der Waals surface area contributed by atoms with Crippen LogP contribution in [0.1, 0.15) is 24.1 Å². The van der Waals surface area contributed by atoms with Gasteiger partial charge >= 0.3 is 0 Å². The number of nitrogens with one attached hydrogen (secondary N) is 1. The summed E-state index contributed by atoms with van der Waals surface area (Å²) in [5.41, 5.74) is 1.99. The molecule has 0 aliphatic rings. The number of fused-ring (bicyclic) bond motifs is 1. The highest BCUT2D eigenvalue weighted by molar-refractivity contribution is 7.17. The van der Waals surface area contributed by atoms with Gasteiger partial charge in [-0.15, -0.1) is 11.3 Å². The zero-order valence-corrected chi connectivity index (χ0v) is 12.1. The molecule has 3 heteroatoms. The number of hydrogen-bond donors (Lipinski definition) is 1. The summed E-state index contributed by atoms with van der Waals surface area (Å²) in [7, 11) is 0. The number of benzene rings is 2. The molecule has 1 heterocycles. The Bertz CT molecular complexity index is 720. The molecule has 102 valence electrons. The monoisotopic (exact) mass is 285 g/mol. The van der Waals surface area contributed by atoms with Crippen molar-refractivity contribution < 1.29 is 4.39 Å². The van der Waals surface area contributed by atoms with Crippen molar-refractivity contribution in [1.82, 2.24) is 5.32 Å². The lowest BCUT2D eigenvalue weighted by molar-refractivity contribution is 0.529. The van der Waals surface area contributed by atoms with Crippen LogP contribution in [0.3, 0.4) is 0 Å². The van der Waals surface area contributed by atoms with Crippen LogP contribution in [0.2, 0.25) is 0 Å². The van der Waals surface area contributed by atoms with E-state index in [2.05, 4.69) is 35.0 Å². The SMILES string of the molecule is C[C@@H](NCc1csc2ccccc12)c1ccccc1F. The van der Waals surface area contributed by atoms with E-state index in [1.165, 1.54) is 21.7 Å². The maximum Gasteiger partial charge on any atom is 0.127 e. The van der Waals surface area contributed by atoms with E-state index in [-0.39, 0.29) is 11.9 Å². The summed E-state index contributed by atoms with van der Waals surface area (Å²) in [6, 6.07) is 15.3. The van der Waals surface area contributed by atoms with Crippen molar-refractivity contribution in [1.29, 1.82) is 0 Å². The molecule has 0 fully saturated rings. The minimum Gasteiger partial charge on any atom is -0.306 e. The van der Waals surface area contributed by atoms with Crippen molar-refractivity contribution in [2.24, 2.45) is 0 Å². The van der Waals surface area contributed by atoms with E-state index in [4.69, 9.17) is 0 Å². The Kier molecular flexibility index (Phi) is 3.81. The molecule has 0 spiro atoms. The molecule has 0 unspecified atom stereocenters. The van der Waals surface area contributed by atoms with E-state index in [9.17, 15) is 4.39 Å². The molecule has 0 saturated heterocycles. The van der Waals surface area contributed by atoms with Crippen LogP contribution in [0.25, 0.3) is 10.1 Å². The second-order valence-corrected chi connectivity index (χ2v) is 5.79. The van der Waals surface area contributed by atoms with E-state index < -0.39 is 0 Å². The summed E-state index contributed by atoms with van der Waals surface area (Å²) < 4.78 is 15.0. The van der Waals surface area contributed by atoms with Crippen molar-refractivity contribution in [3.8, 4) is 0 Å². The Hall–Kier alpha value is -1.71. The van der Waals surface area contributed by atoms with Crippen LogP contribution in [0, 0.1) is 5.82 Å². The molecule has 0 aliphatic carbocycles. The minimum absolute atomic E-state index is 0.00476. The van der Waals surface area contributed by atoms with Crippen LogP contribution in [0.15, 0.2) is 53.9 Å². The lowest BCUT2D eigenvalue weighted by Gasteiger charge is -2.14. The quantitative estimate of drug-likeness (QED) is 0.719. The largest absolute Gasteiger partial charge is 0.306 e. The van der Waals surface area contributed by atoms with Gasteiger partial charge in [-0.05, 0) is 35.4 Å². The molecule has 1 nitrogen and oxygen atoms in total. The van der Waals surface area contributed by atoms with Crippen LogP contribution < -0.4 is 5.32 Å². The van der Waals surface area contributed by atoms with Gasteiger partial charge in [-0.2, -0.15) is 0 Å². The first-order chi connectivity index (χ1) is 9.75. The fraction of sp³-hybridized carbons (Fsp3) is 0.176. The topological polar surface area (TPSA) is 12.0 Å². The van der Waals surface area contributed by atoms with E-state index >= 15 is 0 Å². The first-order valence-corrected chi connectivity index (χ1v) is 7.56. The van der Waals surface area contributed by atoms with Crippen molar-refractivity contribution >= 4 is 21.4 Å². The van der Waals surface area contributed by atoms with Crippen molar-refractivity contribution in [3.63, 3.8) is 0 Å². The third-order valence-corrected chi connectivity index (χ3v) is 4.54. The molecule has 20 heavy (non-hydrogen) atoms. The Labute approximate surface area is 122 Å². The van der Waals surface area contributed by atoms with Crippen molar-refractivity contribution in [2.75, 3.05) is 0 Å². The van der Waals surface area contributed by atoms with Gasteiger partial charge in [-0.3, -0.25) is 0 Å². The molecule has 3 aromatic rings. The maximum absolute atomic E-state index is 13.7. The molecule has 0 bridgehead atoms. The third-order valence-electron chi connectivity index (χ3n) is 3.53. The molecule has 0 aliphatic heterocycles. The summed E-state index contributed by atoms with van der Waals surface area (Å²) in [6.45, 7) is 2.74. The maximum atomic E-state index is 13.7. The van der Waals surface area contributed by atoms with E-state index in [0.29, 0.717) is 5.56 Å². The fourth-order valence-corrected chi connectivity index (χ4v) is 3.33. The van der Waals surface area contributed by atoms with Gasteiger partial charge in [0.25, 0.3) is 0 Å². The molecular formula is C17H16FNS. The Morgan fingerprint density at radius 2 is 1.85 bits per heavy atom. The van der Waals surface area contributed by atoms with Gasteiger partial charge in [0.15, 0.2) is 0 Å². The average Bonchev–Trinajstić information content (AvgIpc) is 2.88. The molecule has 0 radical (unpaired) electrons. The number of halogens is 1. The average molecular weight is 285 g/mol. The summed E-state index contributed by atoms with van der Waals surface area (Å²) >= 11 is 1.75. The normalized spacial score (nSPS) is 12.7. The molecule has 1 atom stereocenters. The number of thiophene rings is 1. The molecule has 0 saturated carbocycles. The highest BCUT2D eigenvalue weighted by Gasteiger charge is 2.10. The smallest absolute Gasteiger partial charge is 0.127 e. The van der Waals surface area contributed by atoms with Gasteiger partial charge in [-0.1, -0.05) is 36.4 Å². The van der Waals surface area contributed by atoms with Gasteiger partial charge in [0.2, 0.25) is 0 Å². The summed E-state index contributed by atoms with van der Waals surface area (Å²) in [5.74, 6) is -0.150. The van der Waals surface area contributed by atoms with Crippen LogP contribution >= 0.6 is 11.3 Å². The van der Waals surface area contributed by atoms with Gasteiger partial charge in [-0.25, -0.2) is 4.39 Å².